The van der Waals surface area contributed by atoms with Crippen LogP contribution in [-0.4, -0.2) is 15.9 Å². The number of nitrogens with zero attached hydrogens (tertiary/aromatic N) is 1. The van der Waals surface area contributed by atoms with Crippen LogP contribution in [0.25, 0.3) is 44.7 Å². The number of ketones is 1. The Morgan fingerprint density at radius 3 is 2.28 bits per heavy atom. The van der Waals surface area contributed by atoms with Gasteiger partial charge in [-0.3, -0.25) is 4.79 Å². The predicted octanol–water partition coefficient (Wildman–Crippen LogP) is 7.97. The molecular weight excluding hydrogens is 627 g/mol. The molecule has 0 unspecified atom stereocenters. The SMILES string of the molecule is CC(=O)/C=C(/C)O.Cc1ccc(-c2cc3cc(-c4[c-]ccc(-c5ccccc5)c4)ncc3o2)cc1.[Ir]. The van der Waals surface area contributed by atoms with Gasteiger partial charge in [0.1, 0.15) is 5.76 Å². The van der Waals surface area contributed by atoms with E-state index < -0.39 is 0 Å². The van der Waals surface area contributed by atoms with E-state index in [9.17, 15) is 4.79 Å². The van der Waals surface area contributed by atoms with Crippen LogP contribution in [0, 0.1) is 13.0 Å². The first-order chi connectivity index (χ1) is 16.9. The van der Waals surface area contributed by atoms with Gasteiger partial charge in [-0.05, 0) is 38.1 Å². The van der Waals surface area contributed by atoms with Crippen LogP contribution in [0.1, 0.15) is 19.4 Å². The first-order valence-corrected chi connectivity index (χ1v) is 11.3. The first kappa shape index (κ1) is 26.8. The van der Waals surface area contributed by atoms with E-state index in [0.717, 1.165) is 39.1 Å². The molecule has 2 aromatic heterocycles. The average molecular weight is 653 g/mol. The second kappa shape index (κ2) is 12.3. The third-order valence-corrected chi connectivity index (χ3v) is 5.34. The van der Waals surface area contributed by atoms with Crippen molar-refractivity contribution in [2.45, 2.75) is 20.8 Å². The molecule has 0 saturated carbocycles. The Kier molecular flexibility index (Phi) is 9.13. The van der Waals surface area contributed by atoms with E-state index in [1.165, 1.54) is 31.1 Å². The standard InChI is InChI=1S/C26H18NO.C5H8O2.Ir/c1-18-10-12-20(13-11-18)25-16-23-15-24(27-17-26(23)28-25)22-9-5-8-21(14-22)19-6-3-2-4-7-19;1-4(6)3-5(2)7;/h2-8,10-17H,1H3;3,6H,1-2H3;/q-1;;/b;4-3-;. The van der Waals surface area contributed by atoms with E-state index in [2.05, 4.69) is 78.6 Å². The number of allylic oxidation sites excluding steroid dienone is 2. The molecule has 0 bridgehead atoms. The van der Waals surface area contributed by atoms with Gasteiger partial charge in [-0.1, -0.05) is 66.2 Å². The molecule has 183 valence electrons. The summed E-state index contributed by atoms with van der Waals surface area (Å²) >= 11 is 0. The number of carbonyl (C=O) groups excluding carboxylic acids is 1. The minimum absolute atomic E-state index is 0. The molecule has 2 heterocycles. The molecule has 5 rings (SSSR count). The van der Waals surface area contributed by atoms with E-state index in [0.29, 0.717) is 0 Å². The number of aliphatic hydroxyl groups excluding tert-OH is 1. The van der Waals surface area contributed by atoms with E-state index in [4.69, 9.17) is 9.52 Å². The number of rotatable bonds is 4. The normalized spacial score (nSPS) is 10.8. The third kappa shape index (κ3) is 6.88. The summed E-state index contributed by atoms with van der Waals surface area (Å²) in [4.78, 5) is 14.6. The summed E-state index contributed by atoms with van der Waals surface area (Å²) < 4.78 is 6.01. The van der Waals surface area contributed by atoms with Gasteiger partial charge in [-0.15, -0.1) is 35.4 Å². The van der Waals surface area contributed by atoms with Crippen molar-refractivity contribution >= 4 is 16.8 Å². The summed E-state index contributed by atoms with van der Waals surface area (Å²) in [5.41, 5.74) is 7.30. The van der Waals surface area contributed by atoms with Gasteiger partial charge in [-0.25, -0.2) is 0 Å². The molecule has 1 radical (unpaired) electrons. The summed E-state index contributed by atoms with van der Waals surface area (Å²) in [7, 11) is 0. The summed E-state index contributed by atoms with van der Waals surface area (Å²) in [6.45, 7) is 4.93. The van der Waals surface area contributed by atoms with Crippen molar-refractivity contribution in [3.63, 3.8) is 0 Å². The zero-order valence-corrected chi connectivity index (χ0v) is 22.7. The Morgan fingerprint density at radius 1 is 0.917 bits per heavy atom. The van der Waals surface area contributed by atoms with E-state index in [1.54, 1.807) is 6.20 Å². The van der Waals surface area contributed by atoms with Gasteiger partial charge in [-0.2, -0.15) is 0 Å². The second-order valence-corrected chi connectivity index (χ2v) is 8.34. The molecule has 0 amide bonds. The summed E-state index contributed by atoms with van der Waals surface area (Å²) in [5, 5.41) is 9.40. The molecule has 5 heteroatoms. The molecule has 0 aliphatic heterocycles. The second-order valence-electron chi connectivity index (χ2n) is 8.34. The predicted molar refractivity (Wildman–Crippen MR) is 141 cm³/mol. The minimum Gasteiger partial charge on any atom is -0.512 e. The molecule has 0 spiro atoms. The quantitative estimate of drug-likeness (QED) is 0.122. The Hall–Kier alpha value is -3.79. The molecule has 0 atom stereocenters. The number of benzene rings is 3. The molecule has 4 nitrogen and oxygen atoms in total. The van der Waals surface area contributed by atoms with E-state index >= 15 is 0 Å². The molecule has 0 aliphatic carbocycles. The van der Waals surface area contributed by atoms with Gasteiger partial charge < -0.3 is 14.5 Å². The van der Waals surface area contributed by atoms with Crippen molar-refractivity contribution in [1.82, 2.24) is 4.98 Å². The Bertz CT molecular complexity index is 1480. The fourth-order valence-electron chi connectivity index (χ4n) is 3.67. The van der Waals surface area contributed by atoms with E-state index in [-0.39, 0.29) is 31.6 Å². The molecule has 0 aliphatic rings. The number of fused-ring (bicyclic) bond motifs is 1. The van der Waals surface area contributed by atoms with Crippen LogP contribution >= 0.6 is 0 Å². The van der Waals surface area contributed by atoms with Crippen molar-refractivity contribution in [2.75, 3.05) is 0 Å². The van der Waals surface area contributed by atoms with Crippen LogP contribution < -0.4 is 0 Å². The molecular formula is C31H26IrNO3-. The van der Waals surface area contributed by atoms with Crippen LogP contribution in [0.3, 0.4) is 0 Å². The summed E-state index contributed by atoms with van der Waals surface area (Å²) in [5.74, 6) is 0.795. The largest absolute Gasteiger partial charge is 0.512 e. The topological polar surface area (TPSA) is 63.3 Å². The zero-order chi connectivity index (χ0) is 24.8. The van der Waals surface area contributed by atoms with Gasteiger partial charge in [0.25, 0.3) is 0 Å². The molecule has 0 fully saturated rings. The number of aromatic nitrogens is 1. The fraction of sp³-hybridized carbons (Fsp3) is 0.0968. The zero-order valence-electron chi connectivity index (χ0n) is 20.3. The van der Waals surface area contributed by atoms with Crippen LogP contribution in [0.2, 0.25) is 0 Å². The molecule has 3 aromatic carbocycles. The van der Waals surface area contributed by atoms with Gasteiger partial charge in [0.2, 0.25) is 0 Å². The Morgan fingerprint density at radius 2 is 1.64 bits per heavy atom. The third-order valence-electron chi connectivity index (χ3n) is 5.34. The molecule has 1 N–H and O–H groups in total. The van der Waals surface area contributed by atoms with Crippen molar-refractivity contribution in [2.24, 2.45) is 0 Å². The number of aryl methyl sites for hydroxylation is 1. The number of hydrogen-bond donors (Lipinski definition) is 1. The van der Waals surface area contributed by atoms with Gasteiger partial charge in [0.15, 0.2) is 11.4 Å². The van der Waals surface area contributed by atoms with Crippen LogP contribution in [0.15, 0.2) is 107 Å². The molecule has 5 aromatic rings. The van der Waals surface area contributed by atoms with Gasteiger partial charge in [0, 0.05) is 37.1 Å². The summed E-state index contributed by atoms with van der Waals surface area (Å²) in [6, 6.07) is 32.3. The van der Waals surface area contributed by atoms with Crippen molar-refractivity contribution in [1.29, 1.82) is 0 Å². The van der Waals surface area contributed by atoms with Gasteiger partial charge >= 0.3 is 0 Å². The number of aliphatic hydroxyl groups is 1. The maximum Gasteiger partial charge on any atom is 0.155 e. The fourth-order valence-corrected chi connectivity index (χ4v) is 3.67. The van der Waals surface area contributed by atoms with Crippen molar-refractivity contribution < 1.29 is 34.4 Å². The van der Waals surface area contributed by atoms with Crippen LogP contribution in [-0.2, 0) is 24.9 Å². The monoisotopic (exact) mass is 653 g/mol. The minimum atomic E-state index is -0.125. The first-order valence-electron chi connectivity index (χ1n) is 11.3. The maximum absolute atomic E-state index is 10.0. The van der Waals surface area contributed by atoms with E-state index in [1.807, 2.05) is 24.3 Å². The Balaban J connectivity index is 0.000000400. The van der Waals surface area contributed by atoms with Crippen molar-refractivity contribution in [3.8, 4) is 33.7 Å². The number of furan rings is 1. The van der Waals surface area contributed by atoms with Crippen molar-refractivity contribution in [3.05, 3.63) is 115 Å². The maximum atomic E-state index is 10.0. The Labute approximate surface area is 224 Å². The smallest absolute Gasteiger partial charge is 0.155 e. The number of hydrogen-bond acceptors (Lipinski definition) is 4. The van der Waals surface area contributed by atoms with Crippen LogP contribution in [0.4, 0.5) is 0 Å². The average Bonchev–Trinajstić information content (AvgIpc) is 3.28. The molecule has 36 heavy (non-hydrogen) atoms. The molecule has 0 saturated heterocycles. The number of pyridine rings is 1. The van der Waals surface area contributed by atoms with Crippen LogP contribution in [0.5, 0.6) is 0 Å². The summed E-state index contributed by atoms with van der Waals surface area (Å²) in [6.07, 6.45) is 2.96. The number of carbonyl (C=O) groups is 1. The van der Waals surface area contributed by atoms with Gasteiger partial charge in [0.05, 0.1) is 12.0 Å².